The smallest absolute Gasteiger partial charge is 0.425 e. The van der Waals surface area contributed by atoms with Crippen LogP contribution < -0.4 is 6.15 Å². The Balaban J connectivity index is -0.000000277. The van der Waals surface area contributed by atoms with Crippen molar-refractivity contribution in [1.82, 2.24) is 6.15 Å². The van der Waals surface area contributed by atoms with Gasteiger partial charge in [-0.15, -0.1) is 0 Å². The Labute approximate surface area is 119 Å². The first-order valence-electron chi connectivity index (χ1n) is 4.68. The van der Waals surface area contributed by atoms with Crippen molar-refractivity contribution >= 4 is 20.8 Å². The molecule has 0 aliphatic carbocycles. The maximum atomic E-state index is 9.48. The average molecular weight is 336 g/mol. The van der Waals surface area contributed by atoms with Gasteiger partial charge in [0.25, 0.3) is 0 Å². The third kappa shape index (κ3) is 22.3. The lowest BCUT2D eigenvalue weighted by Gasteiger charge is -2.26. The van der Waals surface area contributed by atoms with Gasteiger partial charge < -0.3 is 15.2 Å². The molecule has 0 saturated carbocycles. The normalized spacial score (nSPS) is 11.6. The molecule has 0 radical (unpaired) electrons. The van der Waals surface area contributed by atoms with Crippen molar-refractivity contribution in [3.63, 3.8) is 0 Å². The monoisotopic (exact) mass is 336 g/mol. The first-order chi connectivity index (χ1) is 8.33. The van der Waals surface area contributed by atoms with Gasteiger partial charge >= 0.3 is 10.4 Å². The lowest BCUT2D eigenvalue weighted by Crippen LogP contribution is -2.39. The summed E-state index contributed by atoms with van der Waals surface area (Å²) in [5.41, 5.74) is 0. The fraction of sp³-hybridized carbons (Fsp3) is 0.500. The van der Waals surface area contributed by atoms with Crippen LogP contribution in [0.5, 0.6) is 0 Å². The lowest BCUT2D eigenvalue weighted by molar-refractivity contribution is -0.878. The fourth-order valence-corrected chi connectivity index (χ4v) is 1.40. The van der Waals surface area contributed by atoms with Gasteiger partial charge in [-0.05, 0) is 12.2 Å². The number of likely N-dealkylation sites (N-methyl/N-ethyl adjacent to an activating group) is 1. The molecule has 0 aromatic rings. The van der Waals surface area contributed by atoms with Crippen LogP contribution in [0.2, 0.25) is 0 Å². The Kier molecular flexibility index (Phi) is 12.0. The number of nitrogens with zero attached hydrogens (tertiary/aromatic N) is 1. The molecule has 4 N–H and O–H groups in total. The van der Waals surface area contributed by atoms with Gasteiger partial charge in [-0.1, -0.05) is 21.8 Å². The van der Waals surface area contributed by atoms with E-state index in [4.69, 9.17) is 4.55 Å². The highest BCUT2D eigenvalue weighted by Gasteiger charge is 2.08. The Morgan fingerprint density at radius 2 is 1.45 bits per heavy atom. The highest BCUT2D eigenvalue weighted by molar-refractivity contribution is 7.83. The molecule has 0 atom stereocenters. The van der Waals surface area contributed by atoms with Gasteiger partial charge in [0.2, 0.25) is 10.4 Å². The van der Waals surface area contributed by atoms with Crippen molar-refractivity contribution in [3.05, 3.63) is 25.3 Å². The van der Waals surface area contributed by atoms with E-state index >= 15 is 0 Å². The van der Waals surface area contributed by atoms with E-state index in [0.717, 1.165) is 17.6 Å². The van der Waals surface area contributed by atoms with E-state index in [1.165, 1.54) is 0 Å². The first kappa shape index (κ1) is 24.2. The Bertz CT molecular complexity index is 439. The minimum atomic E-state index is -5.27. The molecule has 0 heterocycles. The van der Waals surface area contributed by atoms with Crippen LogP contribution in [0.25, 0.3) is 0 Å². The van der Waals surface area contributed by atoms with Crippen LogP contribution in [0, 0.1) is 0 Å². The van der Waals surface area contributed by atoms with E-state index in [1.54, 1.807) is 0 Å². The van der Waals surface area contributed by atoms with Crippen LogP contribution in [0.4, 0.5) is 0 Å². The topological polar surface area (TPSA) is 165 Å². The molecule has 0 spiro atoms. The maximum absolute atomic E-state index is 9.48. The van der Waals surface area contributed by atoms with Gasteiger partial charge in [0.1, 0.15) is 0 Å². The molecule has 0 aromatic heterocycles. The highest BCUT2D eigenvalue weighted by atomic mass is 32.3. The first-order valence-corrected chi connectivity index (χ1v) is 7.37. The molecule has 122 valence electrons. The summed E-state index contributed by atoms with van der Waals surface area (Å²) in [6, 6.07) is 0. The molecular formula is C8H20N2O8S2. The molecule has 0 rings (SSSR count). The van der Waals surface area contributed by atoms with Crippen LogP contribution in [0.3, 0.4) is 0 Å². The zero-order valence-electron chi connectivity index (χ0n) is 11.3. The molecular weight excluding hydrogens is 316 g/mol. The molecule has 0 bridgehead atoms. The quantitative estimate of drug-likeness (QED) is 0.160. The van der Waals surface area contributed by atoms with E-state index < -0.39 is 20.8 Å². The SMILES string of the molecule is C=CC[N+](C)(C)CC=C.N.O=S(=O)([O-])OOS(=O)(=O)O. The average Bonchev–Trinajstić information content (AvgIpc) is 2.13. The van der Waals surface area contributed by atoms with E-state index in [0.29, 0.717) is 0 Å². The minimum absolute atomic E-state index is 0. The molecule has 0 aliphatic rings. The zero-order valence-corrected chi connectivity index (χ0v) is 12.9. The van der Waals surface area contributed by atoms with E-state index in [-0.39, 0.29) is 6.15 Å². The second kappa shape index (κ2) is 9.95. The lowest BCUT2D eigenvalue weighted by atomic mass is 10.4. The summed E-state index contributed by atoms with van der Waals surface area (Å²) in [4.78, 5) is 0. The van der Waals surface area contributed by atoms with Gasteiger partial charge in [-0.2, -0.15) is 8.42 Å². The molecule has 0 aliphatic heterocycles. The van der Waals surface area contributed by atoms with Crippen LogP contribution in [-0.2, 0) is 29.5 Å². The standard InChI is InChI=1S/C8H16N.H3N.H2O8S2/c1-5-7-9(3,4)8-6-2;;1-9(2,3)7-8-10(4,5)6/h5-6H,1-2,7-8H2,3-4H3;1H3;(H,1,2,3)(H,4,5,6)/q+1;;/p-1. The minimum Gasteiger partial charge on any atom is -0.724 e. The summed E-state index contributed by atoms with van der Waals surface area (Å²) >= 11 is 0. The zero-order chi connectivity index (χ0) is 15.7. The van der Waals surface area contributed by atoms with Gasteiger partial charge in [-0.3, -0.25) is 4.55 Å². The summed E-state index contributed by atoms with van der Waals surface area (Å²) in [6.07, 6.45) is 3.87. The number of rotatable bonds is 7. The van der Waals surface area contributed by atoms with Gasteiger partial charge in [-0.25, -0.2) is 8.42 Å². The summed E-state index contributed by atoms with van der Waals surface area (Å²) < 4.78 is 61.1. The molecule has 0 amide bonds. The van der Waals surface area contributed by atoms with Crippen molar-refractivity contribution in [2.45, 2.75) is 0 Å². The summed E-state index contributed by atoms with van der Waals surface area (Å²) in [5.74, 6) is 0. The van der Waals surface area contributed by atoms with E-state index in [1.807, 2.05) is 12.2 Å². The molecule has 0 unspecified atom stereocenters. The van der Waals surface area contributed by atoms with Gasteiger partial charge in [0.15, 0.2) is 0 Å². The van der Waals surface area contributed by atoms with Crippen molar-refractivity contribution in [3.8, 4) is 0 Å². The third-order valence-corrected chi connectivity index (χ3v) is 2.00. The predicted octanol–water partition coefficient (Wildman–Crippen LogP) is -0.206. The van der Waals surface area contributed by atoms with E-state index in [2.05, 4.69) is 35.9 Å². The van der Waals surface area contributed by atoms with Crippen molar-refractivity contribution in [2.24, 2.45) is 0 Å². The summed E-state index contributed by atoms with van der Waals surface area (Å²) in [5, 5.41) is 0. The largest absolute Gasteiger partial charge is 0.724 e. The Morgan fingerprint density at radius 1 is 1.10 bits per heavy atom. The Morgan fingerprint density at radius 3 is 1.60 bits per heavy atom. The molecule has 10 nitrogen and oxygen atoms in total. The molecule has 0 saturated heterocycles. The second-order valence-corrected chi connectivity index (χ2v) is 5.79. The Hall–Kier alpha value is -0.860. The van der Waals surface area contributed by atoms with Crippen LogP contribution in [-0.4, -0.2) is 57.6 Å². The molecule has 20 heavy (non-hydrogen) atoms. The van der Waals surface area contributed by atoms with Crippen molar-refractivity contribution in [1.29, 1.82) is 0 Å². The number of hydrogen-bond donors (Lipinski definition) is 2. The highest BCUT2D eigenvalue weighted by Crippen LogP contribution is 1.95. The summed E-state index contributed by atoms with van der Waals surface area (Å²) in [6.45, 7) is 9.37. The fourth-order valence-electron chi connectivity index (χ4n) is 0.843. The number of quaternary nitrogens is 1. The molecule has 0 aromatic carbocycles. The molecule has 12 heteroatoms. The van der Waals surface area contributed by atoms with Crippen LogP contribution in [0.15, 0.2) is 25.3 Å². The van der Waals surface area contributed by atoms with Gasteiger partial charge in [0.05, 0.1) is 27.2 Å². The third-order valence-electron chi connectivity index (χ3n) is 1.44. The molecule has 0 fully saturated rings. The summed E-state index contributed by atoms with van der Waals surface area (Å²) in [7, 11) is -6.02. The van der Waals surface area contributed by atoms with Gasteiger partial charge in [0, 0.05) is 0 Å². The van der Waals surface area contributed by atoms with Crippen molar-refractivity contribution in [2.75, 3.05) is 27.2 Å². The van der Waals surface area contributed by atoms with Crippen LogP contribution in [0.1, 0.15) is 0 Å². The maximum Gasteiger partial charge on any atom is 0.425 e. The van der Waals surface area contributed by atoms with E-state index in [9.17, 15) is 21.4 Å². The predicted molar refractivity (Wildman–Crippen MR) is 70.7 cm³/mol. The van der Waals surface area contributed by atoms with Crippen molar-refractivity contribution < 1.29 is 39.1 Å². The second-order valence-electron chi connectivity index (χ2n) is 3.85. The number of hydrogen-bond acceptors (Lipinski definition) is 8. The van der Waals surface area contributed by atoms with Crippen LogP contribution >= 0.6 is 0 Å².